The van der Waals surface area contributed by atoms with Crippen molar-refractivity contribution in [2.75, 3.05) is 17.9 Å². The molecule has 5 rings (SSSR count). The lowest BCUT2D eigenvalue weighted by Gasteiger charge is -2.10. The predicted molar refractivity (Wildman–Crippen MR) is 135 cm³/mol. The summed E-state index contributed by atoms with van der Waals surface area (Å²) in [5.41, 5.74) is 1.32. The Morgan fingerprint density at radius 2 is 1.91 bits per heavy atom. The molecule has 0 saturated heterocycles. The molecule has 0 fully saturated rings. The molecule has 0 spiro atoms. The number of carbonyl (C=O) groups is 2. The Hall–Kier alpha value is -3.83. The number of aromatic nitrogens is 2. The van der Waals surface area contributed by atoms with Gasteiger partial charge in [-0.2, -0.15) is 0 Å². The Balaban J connectivity index is 1.27. The van der Waals surface area contributed by atoms with Gasteiger partial charge in [-0.15, -0.1) is 11.3 Å². The van der Waals surface area contributed by atoms with Gasteiger partial charge < -0.3 is 14.8 Å². The first-order chi connectivity index (χ1) is 17.0. The van der Waals surface area contributed by atoms with Crippen molar-refractivity contribution in [3.8, 4) is 21.9 Å². The highest BCUT2D eigenvalue weighted by Gasteiger charge is 2.18. The van der Waals surface area contributed by atoms with Crippen molar-refractivity contribution in [1.29, 1.82) is 0 Å². The standard InChI is InChI=1S/C24H20N4O5S2/c1-2-28-22(30)16-11-19(14-6-4-3-5-7-14)35-21(16)27-24(28)34-12-20(29)26-23(31)25-15-8-9-17-18(10-15)33-13-32-17/h3-11H,2,12-13H2,1H3,(H2,25,26,29,31). The lowest BCUT2D eigenvalue weighted by molar-refractivity contribution is -0.117. The summed E-state index contributed by atoms with van der Waals surface area (Å²) in [5, 5.41) is 5.85. The molecule has 2 aromatic heterocycles. The minimum atomic E-state index is -0.670. The SMILES string of the molecule is CCn1c(SCC(=O)NC(=O)Nc2ccc3c(c2)OCO3)nc2sc(-c3ccccc3)cc2c1=O. The molecule has 11 heteroatoms. The molecule has 3 amide bonds. The minimum absolute atomic E-state index is 0.0799. The summed E-state index contributed by atoms with van der Waals surface area (Å²) in [6, 6.07) is 15.9. The molecule has 35 heavy (non-hydrogen) atoms. The van der Waals surface area contributed by atoms with Gasteiger partial charge in [0.15, 0.2) is 16.7 Å². The number of nitrogens with zero attached hydrogens (tertiary/aromatic N) is 2. The molecular formula is C24H20N4O5S2. The molecule has 0 bridgehead atoms. The van der Waals surface area contributed by atoms with Gasteiger partial charge in [0.05, 0.1) is 11.1 Å². The van der Waals surface area contributed by atoms with Gasteiger partial charge in [-0.25, -0.2) is 9.78 Å². The van der Waals surface area contributed by atoms with Crippen LogP contribution in [0.3, 0.4) is 0 Å². The maximum atomic E-state index is 13.1. The quantitative estimate of drug-likeness (QED) is 0.295. The molecule has 178 valence electrons. The summed E-state index contributed by atoms with van der Waals surface area (Å²) in [6.45, 7) is 2.39. The van der Waals surface area contributed by atoms with Crippen LogP contribution in [0.1, 0.15) is 6.92 Å². The second kappa shape index (κ2) is 9.80. The average molecular weight is 509 g/mol. The van der Waals surface area contributed by atoms with E-state index < -0.39 is 11.9 Å². The topological polar surface area (TPSA) is 112 Å². The fourth-order valence-electron chi connectivity index (χ4n) is 3.56. The van der Waals surface area contributed by atoms with Crippen LogP contribution in [-0.2, 0) is 11.3 Å². The van der Waals surface area contributed by atoms with Crippen LogP contribution in [0.5, 0.6) is 11.5 Å². The molecule has 1 aliphatic rings. The fraction of sp³-hybridized carbons (Fsp3) is 0.167. The lowest BCUT2D eigenvalue weighted by Crippen LogP contribution is -2.35. The van der Waals surface area contributed by atoms with Crippen LogP contribution in [-0.4, -0.2) is 34.0 Å². The van der Waals surface area contributed by atoms with Crippen molar-refractivity contribution in [2.45, 2.75) is 18.6 Å². The summed E-state index contributed by atoms with van der Waals surface area (Å²) in [7, 11) is 0. The number of nitrogens with one attached hydrogen (secondary N) is 2. The van der Waals surface area contributed by atoms with E-state index in [1.807, 2.05) is 43.3 Å². The second-order valence-electron chi connectivity index (χ2n) is 7.50. The zero-order valence-electron chi connectivity index (χ0n) is 18.6. The van der Waals surface area contributed by atoms with E-state index in [9.17, 15) is 14.4 Å². The summed E-state index contributed by atoms with van der Waals surface area (Å²) < 4.78 is 12.1. The molecule has 0 unspecified atom stereocenters. The molecule has 0 saturated carbocycles. The van der Waals surface area contributed by atoms with Gasteiger partial charge in [0, 0.05) is 23.2 Å². The molecule has 0 atom stereocenters. The Kier molecular flexibility index (Phi) is 6.43. The van der Waals surface area contributed by atoms with Crippen molar-refractivity contribution in [1.82, 2.24) is 14.9 Å². The van der Waals surface area contributed by atoms with E-state index in [4.69, 9.17) is 9.47 Å². The average Bonchev–Trinajstić information content (AvgIpc) is 3.50. The van der Waals surface area contributed by atoms with Crippen molar-refractivity contribution in [3.05, 3.63) is 65.0 Å². The number of thioether (sulfide) groups is 1. The number of benzene rings is 2. The molecule has 2 aromatic carbocycles. The van der Waals surface area contributed by atoms with E-state index in [0.29, 0.717) is 39.1 Å². The number of hydrogen-bond donors (Lipinski definition) is 2. The minimum Gasteiger partial charge on any atom is -0.454 e. The molecule has 0 aliphatic carbocycles. The maximum absolute atomic E-state index is 13.1. The van der Waals surface area contributed by atoms with Crippen LogP contribution >= 0.6 is 23.1 Å². The van der Waals surface area contributed by atoms with Crippen molar-refractivity contribution >= 4 is 50.9 Å². The molecule has 3 heterocycles. The number of carbonyl (C=O) groups excluding carboxylic acids is 2. The monoisotopic (exact) mass is 508 g/mol. The van der Waals surface area contributed by atoms with E-state index in [2.05, 4.69) is 15.6 Å². The summed E-state index contributed by atoms with van der Waals surface area (Å²) >= 11 is 2.54. The van der Waals surface area contributed by atoms with Crippen molar-refractivity contribution in [3.63, 3.8) is 0 Å². The molecular weight excluding hydrogens is 488 g/mol. The Morgan fingerprint density at radius 3 is 2.71 bits per heavy atom. The Bertz CT molecular complexity index is 1480. The van der Waals surface area contributed by atoms with Gasteiger partial charge in [0.2, 0.25) is 12.7 Å². The van der Waals surface area contributed by atoms with E-state index in [1.54, 1.807) is 18.2 Å². The number of hydrogen-bond acceptors (Lipinski definition) is 8. The van der Waals surface area contributed by atoms with Crippen LogP contribution in [0.2, 0.25) is 0 Å². The highest BCUT2D eigenvalue weighted by molar-refractivity contribution is 7.99. The van der Waals surface area contributed by atoms with E-state index >= 15 is 0 Å². The van der Waals surface area contributed by atoms with Crippen LogP contribution in [0.15, 0.2) is 64.5 Å². The van der Waals surface area contributed by atoms with Gasteiger partial charge >= 0.3 is 6.03 Å². The van der Waals surface area contributed by atoms with Gasteiger partial charge in [-0.3, -0.25) is 19.5 Å². The summed E-state index contributed by atoms with van der Waals surface area (Å²) in [6.07, 6.45) is 0. The number of rotatable bonds is 6. The largest absolute Gasteiger partial charge is 0.454 e. The summed E-state index contributed by atoms with van der Waals surface area (Å²) in [5.74, 6) is 0.522. The smallest absolute Gasteiger partial charge is 0.325 e. The number of thiophene rings is 1. The fourth-order valence-corrected chi connectivity index (χ4v) is 5.50. The maximum Gasteiger partial charge on any atom is 0.325 e. The van der Waals surface area contributed by atoms with Crippen LogP contribution in [0.25, 0.3) is 20.7 Å². The Morgan fingerprint density at radius 1 is 1.11 bits per heavy atom. The zero-order valence-corrected chi connectivity index (χ0v) is 20.2. The number of ether oxygens (including phenoxy) is 2. The second-order valence-corrected chi connectivity index (χ2v) is 9.47. The number of anilines is 1. The van der Waals surface area contributed by atoms with E-state index in [0.717, 1.165) is 22.2 Å². The normalized spacial score (nSPS) is 12.0. The molecule has 1 aliphatic heterocycles. The first-order valence-electron chi connectivity index (χ1n) is 10.7. The van der Waals surface area contributed by atoms with Gasteiger partial charge in [-0.1, -0.05) is 42.1 Å². The zero-order chi connectivity index (χ0) is 24.4. The highest BCUT2D eigenvalue weighted by Crippen LogP contribution is 2.34. The predicted octanol–water partition coefficient (Wildman–Crippen LogP) is 4.31. The molecule has 2 N–H and O–H groups in total. The van der Waals surface area contributed by atoms with Gasteiger partial charge in [-0.05, 0) is 30.7 Å². The third-order valence-electron chi connectivity index (χ3n) is 5.21. The lowest BCUT2D eigenvalue weighted by atomic mass is 10.2. The van der Waals surface area contributed by atoms with E-state index in [-0.39, 0.29) is 18.1 Å². The third kappa shape index (κ3) is 4.86. The Labute approximate surface area is 208 Å². The molecule has 0 radical (unpaired) electrons. The number of fused-ring (bicyclic) bond motifs is 2. The van der Waals surface area contributed by atoms with Crippen LogP contribution in [0.4, 0.5) is 10.5 Å². The van der Waals surface area contributed by atoms with Crippen molar-refractivity contribution < 1.29 is 19.1 Å². The first-order valence-corrected chi connectivity index (χ1v) is 12.5. The highest BCUT2D eigenvalue weighted by atomic mass is 32.2. The number of imide groups is 1. The van der Waals surface area contributed by atoms with Crippen LogP contribution in [0, 0.1) is 0 Å². The summed E-state index contributed by atoms with van der Waals surface area (Å²) in [4.78, 5) is 43.9. The first kappa shape index (κ1) is 22.9. The molecule has 9 nitrogen and oxygen atoms in total. The van der Waals surface area contributed by atoms with Gasteiger partial charge in [0.25, 0.3) is 5.56 Å². The third-order valence-corrected chi connectivity index (χ3v) is 7.26. The van der Waals surface area contributed by atoms with Crippen molar-refractivity contribution in [2.24, 2.45) is 0 Å². The molecule has 4 aromatic rings. The van der Waals surface area contributed by atoms with E-state index in [1.165, 1.54) is 15.9 Å². The number of amides is 3. The van der Waals surface area contributed by atoms with Gasteiger partial charge in [0.1, 0.15) is 4.83 Å². The number of urea groups is 1. The van der Waals surface area contributed by atoms with Crippen LogP contribution < -0.4 is 25.7 Å².